The van der Waals surface area contributed by atoms with E-state index in [0.717, 1.165) is 18.8 Å². The van der Waals surface area contributed by atoms with E-state index in [0.29, 0.717) is 11.9 Å². The van der Waals surface area contributed by atoms with E-state index >= 15 is 0 Å². The van der Waals surface area contributed by atoms with E-state index in [2.05, 4.69) is 29.8 Å². The van der Waals surface area contributed by atoms with Crippen LogP contribution in [0.4, 0.5) is 5.82 Å². The molecule has 0 aliphatic carbocycles. The van der Waals surface area contributed by atoms with Gasteiger partial charge in [-0.2, -0.15) is 0 Å². The van der Waals surface area contributed by atoms with Crippen LogP contribution in [0.1, 0.15) is 25.1 Å². The molecule has 0 aromatic carbocycles. The summed E-state index contributed by atoms with van der Waals surface area (Å²) in [5.41, 5.74) is 8.09. The summed E-state index contributed by atoms with van der Waals surface area (Å²) in [4.78, 5) is 6.71. The highest BCUT2D eigenvalue weighted by Crippen LogP contribution is 2.23. The SMILES string of the molecule is CC(C)N1Cc2ccc(N)nc2C1. The van der Waals surface area contributed by atoms with Crippen molar-refractivity contribution < 1.29 is 0 Å². The quantitative estimate of drug-likeness (QED) is 0.704. The van der Waals surface area contributed by atoms with Gasteiger partial charge in [0.2, 0.25) is 0 Å². The van der Waals surface area contributed by atoms with Crippen molar-refractivity contribution in [2.45, 2.75) is 33.0 Å². The van der Waals surface area contributed by atoms with Gasteiger partial charge in [0.05, 0.1) is 5.69 Å². The highest BCUT2D eigenvalue weighted by molar-refractivity contribution is 5.35. The number of anilines is 1. The third kappa shape index (κ3) is 1.52. The topological polar surface area (TPSA) is 42.1 Å². The van der Waals surface area contributed by atoms with Crippen molar-refractivity contribution >= 4 is 5.82 Å². The number of nitrogen functional groups attached to an aromatic ring is 1. The molecule has 3 heteroatoms. The smallest absolute Gasteiger partial charge is 0.123 e. The van der Waals surface area contributed by atoms with Gasteiger partial charge in [0, 0.05) is 19.1 Å². The summed E-state index contributed by atoms with van der Waals surface area (Å²) in [6.45, 7) is 6.36. The molecule has 0 saturated heterocycles. The van der Waals surface area contributed by atoms with Crippen LogP contribution in [0.3, 0.4) is 0 Å². The summed E-state index contributed by atoms with van der Waals surface area (Å²) in [6.07, 6.45) is 0. The number of hydrogen-bond acceptors (Lipinski definition) is 3. The van der Waals surface area contributed by atoms with Crippen molar-refractivity contribution in [3.63, 3.8) is 0 Å². The van der Waals surface area contributed by atoms with Crippen molar-refractivity contribution in [1.29, 1.82) is 0 Å². The maximum Gasteiger partial charge on any atom is 0.123 e. The lowest BCUT2D eigenvalue weighted by atomic mass is 10.2. The minimum atomic E-state index is 0.579. The molecule has 2 rings (SSSR count). The average Bonchev–Trinajstić information content (AvgIpc) is 2.46. The van der Waals surface area contributed by atoms with Crippen LogP contribution in [-0.2, 0) is 13.1 Å². The number of nitrogens with two attached hydrogens (primary N) is 1. The minimum absolute atomic E-state index is 0.579. The van der Waals surface area contributed by atoms with E-state index in [4.69, 9.17) is 5.73 Å². The summed E-state index contributed by atoms with van der Waals surface area (Å²) < 4.78 is 0. The van der Waals surface area contributed by atoms with Gasteiger partial charge in [0.15, 0.2) is 0 Å². The molecule has 2 heterocycles. The lowest BCUT2D eigenvalue weighted by Gasteiger charge is -2.18. The molecular weight excluding hydrogens is 162 g/mol. The Morgan fingerprint density at radius 3 is 2.85 bits per heavy atom. The monoisotopic (exact) mass is 177 g/mol. The zero-order valence-electron chi connectivity index (χ0n) is 8.12. The van der Waals surface area contributed by atoms with Gasteiger partial charge < -0.3 is 5.73 Å². The normalized spacial score (nSPS) is 16.5. The van der Waals surface area contributed by atoms with Crippen LogP contribution < -0.4 is 5.73 Å². The molecule has 0 fully saturated rings. The van der Waals surface area contributed by atoms with Gasteiger partial charge in [-0.3, -0.25) is 4.90 Å². The van der Waals surface area contributed by atoms with E-state index in [1.54, 1.807) is 0 Å². The van der Waals surface area contributed by atoms with Crippen LogP contribution in [0.5, 0.6) is 0 Å². The molecule has 1 aliphatic rings. The van der Waals surface area contributed by atoms with E-state index in [-0.39, 0.29) is 0 Å². The fraction of sp³-hybridized carbons (Fsp3) is 0.500. The first-order valence-electron chi connectivity index (χ1n) is 4.65. The van der Waals surface area contributed by atoms with Crippen molar-refractivity contribution in [3.8, 4) is 0 Å². The van der Waals surface area contributed by atoms with Gasteiger partial charge in [0.1, 0.15) is 5.82 Å². The molecule has 1 aromatic rings. The van der Waals surface area contributed by atoms with Gasteiger partial charge in [-0.1, -0.05) is 6.07 Å². The van der Waals surface area contributed by atoms with Crippen molar-refractivity contribution in [3.05, 3.63) is 23.4 Å². The second-order valence-corrected chi connectivity index (χ2v) is 3.84. The first-order chi connectivity index (χ1) is 6.16. The third-order valence-corrected chi connectivity index (χ3v) is 2.55. The van der Waals surface area contributed by atoms with Gasteiger partial charge in [-0.25, -0.2) is 4.98 Å². The minimum Gasteiger partial charge on any atom is -0.384 e. The van der Waals surface area contributed by atoms with Crippen LogP contribution >= 0.6 is 0 Å². The van der Waals surface area contributed by atoms with Crippen LogP contribution in [0.15, 0.2) is 12.1 Å². The van der Waals surface area contributed by atoms with Gasteiger partial charge in [-0.15, -0.1) is 0 Å². The second kappa shape index (κ2) is 3.00. The first kappa shape index (κ1) is 8.51. The van der Waals surface area contributed by atoms with Crippen LogP contribution in [0.2, 0.25) is 0 Å². The maximum atomic E-state index is 5.62. The average molecular weight is 177 g/mol. The first-order valence-corrected chi connectivity index (χ1v) is 4.65. The third-order valence-electron chi connectivity index (χ3n) is 2.55. The van der Waals surface area contributed by atoms with Crippen LogP contribution in [0.25, 0.3) is 0 Å². The standard InChI is InChI=1S/C10H15N3/c1-7(2)13-5-8-3-4-10(11)12-9(8)6-13/h3-4,7H,5-6H2,1-2H3,(H2,11,12). The number of rotatable bonds is 1. The Balaban J connectivity index is 2.25. The molecule has 0 amide bonds. The Hall–Kier alpha value is -1.09. The number of nitrogens with zero attached hydrogens (tertiary/aromatic N) is 2. The molecule has 70 valence electrons. The molecule has 13 heavy (non-hydrogen) atoms. The molecular formula is C10H15N3. The molecule has 1 aliphatic heterocycles. The van der Waals surface area contributed by atoms with Gasteiger partial charge >= 0.3 is 0 Å². The molecule has 0 unspecified atom stereocenters. The summed E-state index contributed by atoms with van der Waals surface area (Å²) in [5.74, 6) is 0.629. The highest BCUT2D eigenvalue weighted by Gasteiger charge is 2.21. The molecule has 1 aromatic heterocycles. The van der Waals surface area contributed by atoms with E-state index in [9.17, 15) is 0 Å². The fourth-order valence-electron chi connectivity index (χ4n) is 1.66. The summed E-state index contributed by atoms with van der Waals surface area (Å²) in [6, 6.07) is 4.54. The van der Waals surface area contributed by atoms with E-state index < -0.39 is 0 Å². The second-order valence-electron chi connectivity index (χ2n) is 3.84. The largest absolute Gasteiger partial charge is 0.384 e. The predicted molar refractivity (Wildman–Crippen MR) is 53.0 cm³/mol. The van der Waals surface area contributed by atoms with Crippen LogP contribution in [-0.4, -0.2) is 15.9 Å². The number of pyridine rings is 1. The Labute approximate surface area is 78.6 Å². The molecule has 3 nitrogen and oxygen atoms in total. The van der Waals surface area contributed by atoms with E-state index in [1.807, 2.05) is 6.07 Å². The van der Waals surface area contributed by atoms with E-state index in [1.165, 1.54) is 5.56 Å². The number of hydrogen-bond donors (Lipinski definition) is 1. The predicted octanol–water partition coefficient (Wildman–Crippen LogP) is 1.39. The summed E-state index contributed by atoms with van der Waals surface area (Å²) in [5, 5.41) is 0. The Kier molecular flexibility index (Phi) is 1.96. The van der Waals surface area contributed by atoms with Gasteiger partial charge in [-0.05, 0) is 25.5 Å². The number of fused-ring (bicyclic) bond motifs is 1. The van der Waals surface area contributed by atoms with Gasteiger partial charge in [0.25, 0.3) is 0 Å². The maximum absolute atomic E-state index is 5.62. The van der Waals surface area contributed by atoms with Crippen molar-refractivity contribution in [2.75, 3.05) is 5.73 Å². The molecule has 0 saturated carbocycles. The molecule has 2 N–H and O–H groups in total. The Bertz CT molecular complexity index is 320. The lowest BCUT2D eigenvalue weighted by molar-refractivity contribution is 0.226. The Morgan fingerprint density at radius 1 is 1.38 bits per heavy atom. The molecule has 0 atom stereocenters. The molecule has 0 bridgehead atoms. The summed E-state index contributed by atoms with van der Waals surface area (Å²) >= 11 is 0. The zero-order chi connectivity index (χ0) is 9.42. The van der Waals surface area contributed by atoms with Crippen molar-refractivity contribution in [1.82, 2.24) is 9.88 Å². The number of aromatic nitrogens is 1. The fourth-order valence-corrected chi connectivity index (χ4v) is 1.66. The highest BCUT2D eigenvalue weighted by atomic mass is 15.2. The van der Waals surface area contributed by atoms with Crippen LogP contribution in [0, 0.1) is 0 Å². The summed E-state index contributed by atoms with van der Waals surface area (Å²) in [7, 11) is 0. The molecule has 0 radical (unpaired) electrons. The lowest BCUT2D eigenvalue weighted by Crippen LogP contribution is -2.24. The Morgan fingerprint density at radius 2 is 2.15 bits per heavy atom. The molecule has 0 spiro atoms. The zero-order valence-corrected chi connectivity index (χ0v) is 8.12. The van der Waals surface area contributed by atoms with Crippen molar-refractivity contribution in [2.24, 2.45) is 0 Å².